The van der Waals surface area contributed by atoms with Gasteiger partial charge in [0.1, 0.15) is 11.3 Å². The molecule has 6 nitrogen and oxygen atoms in total. The van der Waals surface area contributed by atoms with Gasteiger partial charge in [-0.15, -0.1) is 0 Å². The zero-order valence-electron chi connectivity index (χ0n) is 13.6. The summed E-state index contributed by atoms with van der Waals surface area (Å²) in [4.78, 5) is 6.67. The van der Waals surface area contributed by atoms with E-state index in [0.29, 0.717) is 6.54 Å². The van der Waals surface area contributed by atoms with Gasteiger partial charge in [0.25, 0.3) is 0 Å². The molecule has 1 aliphatic rings. The molecule has 3 heterocycles. The second-order valence-corrected chi connectivity index (χ2v) is 6.08. The minimum Gasteiger partial charge on any atom is -0.497 e. The van der Waals surface area contributed by atoms with Crippen LogP contribution in [0.15, 0.2) is 42.7 Å². The maximum atomic E-state index is 9.95. The lowest BCUT2D eigenvalue weighted by Gasteiger charge is -2.31. The monoisotopic (exact) mass is 324 g/mol. The predicted octanol–water partition coefficient (Wildman–Crippen LogP) is 2.37. The summed E-state index contributed by atoms with van der Waals surface area (Å²) in [6.07, 6.45) is 5.14. The molecule has 1 aliphatic heterocycles. The molecule has 0 spiro atoms. The van der Waals surface area contributed by atoms with E-state index in [1.807, 2.05) is 41.0 Å². The molecule has 4 rings (SSSR count). The van der Waals surface area contributed by atoms with E-state index in [2.05, 4.69) is 15.0 Å². The van der Waals surface area contributed by atoms with E-state index in [0.717, 1.165) is 47.7 Å². The molecule has 1 saturated heterocycles. The second kappa shape index (κ2) is 6.13. The molecular weight excluding hydrogens is 304 g/mol. The van der Waals surface area contributed by atoms with Crippen molar-refractivity contribution in [3.05, 3.63) is 42.7 Å². The molecule has 6 heteroatoms. The number of ether oxygens (including phenoxy) is 1. The number of nitrogens with zero attached hydrogens (tertiary/aromatic N) is 4. The molecule has 124 valence electrons. The van der Waals surface area contributed by atoms with Gasteiger partial charge in [-0.3, -0.25) is 0 Å². The summed E-state index contributed by atoms with van der Waals surface area (Å²) in [5, 5.41) is 14.6. The lowest BCUT2D eigenvalue weighted by atomic mass is 10.1. The van der Waals surface area contributed by atoms with Gasteiger partial charge in [-0.05, 0) is 31.0 Å². The molecule has 1 N–H and O–H groups in total. The number of hydrogen-bond donors (Lipinski definition) is 1. The van der Waals surface area contributed by atoms with Gasteiger partial charge < -0.3 is 14.7 Å². The van der Waals surface area contributed by atoms with Gasteiger partial charge in [-0.1, -0.05) is 12.1 Å². The Kier molecular flexibility index (Phi) is 3.82. The Morgan fingerprint density at radius 3 is 3.04 bits per heavy atom. The lowest BCUT2D eigenvalue weighted by molar-refractivity contribution is 0.154. The molecule has 2 aromatic heterocycles. The van der Waals surface area contributed by atoms with Crippen LogP contribution in [0.25, 0.3) is 16.8 Å². The van der Waals surface area contributed by atoms with Gasteiger partial charge in [0.05, 0.1) is 18.9 Å². The number of hydrogen-bond acceptors (Lipinski definition) is 5. The smallest absolute Gasteiger partial charge is 0.154 e. The summed E-state index contributed by atoms with van der Waals surface area (Å²) in [5.41, 5.74) is 2.83. The molecule has 1 fully saturated rings. The van der Waals surface area contributed by atoms with Gasteiger partial charge in [-0.25, -0.2) is 9.50 Å². The van der Waals surface area contributed by atoms with Crippen molar-refractivity contribution in [2.75, 3.05) is 25.1 Å². The van der Waals surface area contributed by atoms with Crippen LogP contribution < -0.4 is 9.64 Å². The third-order valence-electron chi connectivity index (χ3n) is 4.43. The summed E-state index contributed by atoms with van der Waals surface area (Å²) in [7, 11) is 1.66. The number of methoxy groups -OCH3 is 1. The van der Waals surface area contributed by atoms with Crippen LogP contribution >= 0.6 is 0 Å². The highest BCUT2D eigenvalue weighted by Crippen LogP contribution is 2.28. The highest BCUT2D eigenvalue weighted by Gasteiger charge is 2.21. The summed E-state index contributed by atoms with van der Waals surface area (Å²) in [6.45, 7) is 1.52. The summed E-state index contributed by atoms with van der Waals surface area (Å²) in [6, 6.07) is 9.90. The maximum Gasteiger partial charge on any atom is 0.154 e. The van der Waals surface area contributed by atoms with Crippen molar-refractivity contribution in [3.63, 3.8) is 0 Å². The number of β-amino-alcohol motifs (C(OH)–C–C–N with tert-alkyl or cyclic N) is 1. The van der Waals surface area contributed by atoms with Crippen molar-refractivity contribution in [1.29, 1.82) is 0 Å². The quantitative estimate of drug-likeness (QED) is 0.801. The van der Waals surface area contributed by atoms with Crippen LogP contribution in [0.3, 0.4) is 0 Å². The number of rotatable bonds is 3. The minimum absolute atomic E-state index is 0.290. The normalized spacial score (nSPS) is 18.1. The van der Waals surface area contributed by atoms with E-state index in [-0.39, 0.29) is 6.10 Å². The molecule has 1 atom stereocenters. The number of piperidine rings is 1. The van der Waals surface area contributed by atoms with Crippen molar-refractivity contribution >= 4 is 11.3 Å². The van der Waals surface area contributed by atoms with E-state index in [1.54, 1.807) is 13.3 Å². The molecule has 0 saturated carbocycles. The second-order valence-electron chi connectivity index (χ2n) is 6.08. The zero-order valence-corrected chi connectivity index (χ0v) is 13.6. The van der Waals surface area contributed by atoms with Crippen LogP contribution in [0.2, 0.25) is 0 Å². The van der Waals surface area contributed by atoms with Gasteiger partial charge in [0.15, 0.2) is 5.82 Å². The van der Waals surface area contributed by atoms with Crippen LogP contribution in [0.4, 0.5) is 5.82 Å². The summed E-state index contributed by atoms with van der Waals surface area (Å²) < 4.78 is 7.14. The Morgan fingerprint density at radius 2 is 2.21 bits per heavy atom. The summed E-state index contributed by atoms with van der Waals surface area (Å²) in [5.74, 6) is 1.68. The molecule has 0 radical (unpaired) electrons. The van der Waals surface area contributed by atoms with Crippen LogP contribution in [0, 0.1) is 0 Å². The fraction of sp³-hybridized carbons (Fsp3) is 0.333. The molecule has 1 aromatic carbocycles. The Hall–Kier alpha value is -2.60. The largest absolute Gasteiger partial charge is 0.497 e. The topological polar surface area (TPSA) is 62.9 Å². The van der Waals surface area contributed by atoms with Crippen molar-refractivity contribution < 1.29 is 9.84 Å². The van der Waals surface area contributed by atoms with E-state index >= 15 is 0 Å². The van der Waals surface area contributed by atoms with Crippen molar-refractivity contribution in [2.24, 2.45) is 0 Å². The minimum atomic E-state index is -0.290. The Balaban J connectivity index is 1.76. The fourth-order valence-electron chi connectivity index (χ4n) is 3.22. The molecule has 0 aliphatic carbocycles. The van der Waals surface area contributed by atoms with Gasteiger partial charge in [-0.2, -0.15) is 5.10 Å². The first-order chi connectivity index (χ1) is 11.7. The van der Waals surface area contributed by atoms with Crippen molar-refractivity contribution in [3.8, 4) is 17.0 Å². The lowest BCUT2D eigenvalue weighted by Crippen LogP contribution is -2.38. The molecule has 1 unspecified atom stereocenters. The van der Waals surface area contributed by atoms with Gasteiger partial charge in [0, 0.05) is 31.0 Å². The number of anilines is 1. The van der Waals surface area contributed by atoms with Crippen LogP contribution in [0.1, 0.15) is 12.8 Å². The third kappa shape index (κ3) is 2.69. The number of aliphatic hydroxyl groups is 1. The molecular formula is C18H20N4O2. The highest BCUT2D eigenvalue weighted by molar-refractivity contribution is 5.75. The standard InChI is InChI=1S/C18H20N4O2/c1-24-15-6-2-4-13(10-15)16-11-17-18(19-7-9-22(17)20-16)21-8-3-5-14(23)12-21/h2,4,6-7,9-11,14,23H,3,5,8,12H2,1H3. The van der Waals surface area contributed by atoms with E-state index < -0.39 is 0 Å². The van der Waals surface area contributed by atoms with E-state index in [4.69, 9.17) is 4.74 Å². The van der Waals surface area contributed by atoms with Crippen LogP contribution in [-0.2, 0) is 0 Å². The number of aliphatic hydroxyl groups excluding tert-OH is 1. The SMILES string of the molecule is COc1cccc(-c2cc3c(N4CCCC(O)C4)nccn3n2)c1. The number of fused-ring (bicyclic) bond motifs is 1. The zero-order chi connectivity index (χ0) is 16.5. The molecule has 3 aromatic rings. The highest BCUT2D eigenvalue weighted by atomic mass is 16.5. The first kappa shape index (κ1) is 15.0. The van der Waals surface area contributed by atoms with E-state index in [1.165, 1.54) is 0 Å². The van der Waals surface area contributed by atoms with Gasteiger partial charge in [0.2, 0.25) is 0 Å². The first-order valence-electron chi connectivity index (χ1n) is 8.16. The maximum absolute atomic E-state index is 9.95. The number of aromatic nitrogens is 3. The van der Waals surface area contributed by atoms with Crippen LogP contribution in [-0.4, -0.2) is 46.0 Å². The Bertz CT molecular complexity index is 861. The number of benzene rings is 1. The first-order valence-corrected chi connectivity index (χ1v) is 8.16. The van der Waals surface area contributed by atoms with Crippen LogP contribution in [0.5, 0.6) is 5.75 Å². The van der Waals surface area contributed by atoms with E-state index in [9.17, 15) is 5.11 Å². The average Bonchev–Trinajstić information content (AvgIpc) is 3.06. The molecule has 0 amide bonds. The van der Waals surface area contributed by atoms with Gasteiger partial charge >= 0.3 is 0 Å². The third-order valence-corrected chi connectivity index (χ3v) is 4.43. The average molecular weight is 324 g/mol. The molecule has 0 bridgehead atoms. The predicted molar refractivity (Wildman–Crippen MR) is 92.4 cm³/mol. The van der Waals surface area contributed by atoms with Crippen molar-refractivity contribution in [1.82, 2.24) is 14.6 Å². The fourth-order valence-corrected chi connectivity index (χ4v) is 3.22. The molecule has 24 heavy (non-hydrogen) atoms. The summed E-state index contributed by atoms with van der Waals surface area (Å²) >= 11 is 0. The Labute approximate surface area is 140 Å². The Morgan fingerprint density at radius 1 is 1.29 bits per heavy atom. The van der Waals surface area contributed by atoms with Crippen molar-refractivity contribution in [2.45, 2.75) is 18.9 Å².